The molecule has 1 aliphatic heterocycles. The van der Waals surface area contributed by atoms with Gasteiger partial charge in [-0.05, 0) is 93.2 Å². The largest absolute Gasteiger partial charge is 0.319 e. The topological polar surface area (TPSA) is 28.0 Å². The molecule has 0 aromatic carbocycles. The Morgan fingerprint density at radius 1 is 1.05 bits per heavy atom. The SMILES string of the molecule is S=C1N=NC(CC23CC4CC(CC(C4)C2)C3)N1C1CC1. The summed E-state index contributed by atoms with van der Waals surface area (Å²) < 4.78 is 0. The molecule has 5 fully saturated rings. The Kier molecular flexibility index (Phi) is 2.43. The monoisotopic (exact) mass is 289 g/mol. The normalized spacial score (nSPS) is 49.4. The van der Waals surface area contributed by atoms with Gasteiger partial charge >= 0.3 is 0 Å². The molecule has 6 rings (SSSR count). The molecule has 1 atom stereocenters. The molecule has 5 aliphatic carbocycles. The van der Waals surface area contributed by atoms with Crippen LogP contribution in [-0.2, 0) is 0 Å². The van der Waals surface area contributed by atoms with Crippen molar-refractivity contribution in [2.24, 2.45) is 33.4 Å². The quantitative estimate of drug-likeness (QED) is 0.731. The molecule has 6 aliphatic rings. The van der Waals surface area contributed by atoms with Crippen LogP contribution >= 0.6 is 12.2 Å². The minimum Gasteiger partial charge on any atom is -0.319 e. The molecule has 5 saturated carbocycles. The zero-order valence-corrected chi connectivity index (χ0v) is 12.8. The van der Waals surface area contributed by atoms with Crippen LogP contribution < -0.4 is 0 Å². The highest BCUT2D eigenvalue weighted by Crippen LogP contribution is 2.62. The van der Waals surface area contributed by atoms with Gasteiger partial charge in [0, 0.05) is 6.04 Å². The number of hydrogen-bond acceptors (Lipinski definition) is 2. The van der Waals surface area contributed by atoms with Crippen molar-refractivity contribution >= 4 is 17.3 Å². The summed E-state index contributed by atoms with van der Waals surface area (Å²) in [5, 5.41) is 9.55. The third-order valence-electron chi connectivity index (χ3n) is 6.54. The van der Waals surface area contributed by atoms with Crippen LogP contribution in [0.1, 0.15) is 57.8 Å². The van der Waals surface area contributed by atoms with Crippen molar-refractivity contribution < 1.29 is 0 Å². The molecule has 0 radical (unpaired) electrons. The first-order chi connectivity index (χ1) is 9.71. The minimum atomic E-state index is 0.284. The van der Waals surface area contributed by atoms with E-state index in [0.29, 0.717) is 11.5 Å². The van der Waals surface area contributed by atoms with Crippen LogP contribution in [0.2, 0.25) is 0 Å². The molecule has 0 N–H and O–H groups in total. The van der Waals surface area contributed by atoms with Crippen LogP contribution in [0, 0.1) is 23.2 Å². The Hall–Kier alpha value is -0.510. The summed E-state index contributed by atoms with van der Waals surface area (Å²) in [5.41, 5.74) is 0.589. The average molecular weight is 289 g/mol. The molecule has 20 heavy (non-hydrogen) atoms. The smallest absolute Gasteiger partial charge is 0.218 e. The summed E-state index contributed by atoms with van der Waals surface area (Å²) in [5.74, 6) is 3.09. The zero-order chi connectivity index (χ0) is 13.3. The Bertz CT molecular complexity index is 447. The molecule has 108 valence electrons. The van der Waals surface area contributed by atoms with Crippen molar-refractivity contribution in [3.63, 3.8) is 0 Å². The molecule has 1 unspecified atom stereocenters. The van der Waals surface area contributed by atoms with Gasteiger partial charge in [-0.1, -0.05) is 0 Å². The van der Waals surface area contributed by atoms with E-state index in [2.05, 4.69) is 15.1 Å². The van der Waals surface area contributed by atoms with Crippen molar-refractivity contribution in [2.45, 2.75) is 70.0 Å². The molecule has 0 spiro atoms. The minimum absolute atomic E-state index is 0.284. The van der Waals surface area contributed by atoms with E-state index in [1.54, 1.807) is 0 Å². The van der Waals surface area contributed by atoms with E-state index in [-0.39, 0.29) is 6.17 Å². The van der Waals surface area contributed by atoms with Crippen molar-refractivity contribution in [1.82, 2.24) is 4.90 Å². The average Bonchev–Trinajstić information content (AvgIpc) is 3.13. The van der Waals surface area contributed by atoms with Gasteiger partial charge in [0.05, 0.1) is 0 Å². The first-order valence-corrected chi connectivity index (χ1v) is 8.85. The van der Waals surface area contributed by atoms with Gasteiger partial charge in [0.2, 0.25) is 5.11 Å². The van der Waals surface area contributed by atoms with E-state index < -0.39 is 0 Å². The second-order valence-electron chi connectivity index (χ2n) is 8.24. The number of thiocarbonyl (C=S) groups is 1. The summed E-state index contributed by atoms with van der Waals surface area (Å²) in [6, 6.07) is 0.663. The summed E-state index contributed by atoms with van der Waals surface area (Å²) >= 11 is 5.41. The van der Waals surface area contributed by atoms with Crippen LogP contribution in [-0.4, -0.2) is 22.2 Å². The maximum atomic E-state index is 5.41. The second-order valence-corrected chi connectivity index (χ2v) is 8.60. The molecule has 0 amide bonds. The van der Waals surface area contributed by atoms with Gasteiger partial charge in [-0.15, -0.1) is 5.11 Å². The van der Waals surface area contributed by atoms with E-state index in [0.717, 1.165) is 22.9 Å². The molecular weight excluding hydrogens is 266 g/mol. The summed E-state index contributed by atoms with van der Waals surface area (Å²) in [7, 11) is 0. The van der Waals surface area contributed by atoms with Gasteiger partial charge in [0.1, 0.15) is 6.17 Å². The van der Waals surface area contributed by atoms with Gasteiger partial charge in [-0.2, -0.15) is 5.11 Å². The predicted molar refractivity (Wildman–Crippen MR) is 81.3 cm³/mol. The molecule has 1 heterocycles. The molecule has 4 heteroatoms. The maximum absolute atomic E-state index is 5.41. The van der Waals surface area contributed by atoms with Gasteiger partial charge in [0.25, 0.3) is 0 Å². The van der Waals surface area contributed by atoms with Crippen LogP contribution in [0.25, 0.3) is 0 Å². The van der Waals surface area contributed by atoms with Crippen molar-refractivity contribution in [1.29, 1.82) is 0 Å². The number of rotatable bonds is 3. The van der Waals surface area contributed by atoms with Gasteiger partial charge < -0.3 is 4.90 Å². The van der Waals surface area contributed by atoms with Crippen LogP contribution in [0.15, 0.2) is 10.2 Å². The molecule has 0 saturated heterocycles. The third-order valence-corrected chi connectivity index (χ3v) is 6.83. The first-order valence-electron chi connectivity index (χ1n) is 8.44. The first kappa shape index (κ1) is 12.1. The highest BCUT2D eigenvalue weighted by molar-refractivity contribution is 7.80. The fourth-order valence-corrected chi connectivity index (χ4v) is 6.49. The highest BCUT2D eigenvalue weighted by atomic mass is 32.1. The van der Waals surface area contributed by atoms with Gasteiger partial charge in [-0.25, -0.2) is 0 Å². The zero-order valence-electron chi connectivity index (χ0n) is 12.0. The number of azo groups is 1. The number of hydrogen-bond donors (Lipinski definition) is 0. The predicted octanol–water partition coefficient (Wildman–Crippen LogP) is 4.13. The van der Waals surface area contributed by atoms with E-state index >= 15 is 0 Å². The van der Waals surface area contributed by atoms with E-state index in [1.165, 1.54) is 57.8 Å². The standard InChI is InChI=1S/C16H23N3S/c20-15-18-17-14(19(15)13-1-2-13)9-16-6-10-3-11(7-16)5-12(4-10)8-16/h10-14H,1-9H2. The fraction of sp³-hybridized carbons (Fsp3) is 0.938. The van der Waals surface area contributed by atoms with Crippen LogP contribution in [0.3, 0.4) is 0 Å². The van der Waals surface area contributed by atoms with Gasteiger partial charge in [0.15, 0.2) is 0 Å². The molecule has 0 aromatic heterocycles. The second kappa shape index (κ2) is 4.02. The van der Waals surface area contributed by atoms with Crippen molar-refractivity contribution in [3.05, 3.63) is 0 Å². The van der Waals surface area contributed by atoms with Crippen molar-refractivity contribution in [3.8, 4) is 0 Å². The maximum Gasteiger partial charge on any atom is 0.218 e. The molecule has 4 bridgehead atoms. The molecule has 3 nitrogen and oxygen atoms in total. The van der Waals surface area contributed by atoms with E-state index in [9.17, 15) is 0 Å². The van der Waals surface area contributed by atoms with Crippen LogP contribution in [0.4, 0.5) is 0 Å². The van der Waals surface area contributed by atoms with E-state index in [4.69, 9.17) is 12.2 Å². The molecule has 0 aromatic rings. The Balaban J connectivity index is 1.38. The lowest BCUT2D eigenvalue weighted by Crippen LogP contribution is -2.49. The lowest BCUT2D eigenvalue weighted by molar-refractivity contribution is -0.0655. The summed E-state index contributed by atoms with van der Waals surface area (Å²) in [6.45, 7) is 0. The number of nitrogens with zero attached hydrogens (tertiary/aromatic N) is 3. The van der Waals surface area contributed by atoms with Crippen molar-refractivity contribution in [2.75, 3.05) is 0 Å². The highest BCUT2D eigenvalue weighted by Gasteiger charge is 2.53. The molecular formula is C16H23N3S. The summed E-state index contributed by atoms with van der Waals surface area (Å²) in [6.07, 6.45) is 13.1. The Labute approximate surface area is 126 Å². The lowest BCUT2D eigenvalue weighted by atomic mass is 9.48. The Morgan fingerprint density at radius 3 is 2.20 bits per heavy atom. The van der Waals surface area contributed by atoms with Crippen LogP contribution in [0.5, 0.6) is 0 Å². The lowest BCUT2D eigenvalue weighted by Gasteiger charge is -2.57. The third kappa shape index (κ3) is 1.79. The summed E-state index contributed by atoms with van der Waals surface area (Å²) in [4.78, 5) is 2.37. The fourth-order valence-electron chi connectivity index (χ4n) is 6.17. The van der Waals surface area contributed by atoms with E-state index in [1.807, 2.05) is 0 Å². The van der Waals surface area contributed by atoms with Gasteiger partial charge in [-0.3, -0.25) is 0 Å². The Morgan fingerprint density at radius 2 is 1.65 bits per heavy atom.